The van der Waals surface area contributed by atoms with Crippen molar-refractivity contribution in [1.82, 2.24) is 0 Å². The number of carbonyl (C=O) groups is 1. The van der Waals surface area contributed by atoms with E-state index in [2.05, 4.69) is 5.32 Å². The molecule has 0 heterocycles. The summed E-state index contributed by atoms with van der Waals surface area (Å²) in [6, 6.07) is 10.9. The predicted molar refractivity (Wildman–Crippen MR) is 78.8 cm³/mol. The number of anilines is 1. The van der Waals surface area contributed by atoms with E-state index in [1.165, 1.54) is 25.3 Å². The highest BCUT2D eigenvalue weighted by Crippen LogP contribution is 2.29. The van der Waals surface area contributed by atoms with Gasteiger partial charge in [0.25, 0.3) is 5.91 Å². The molecule has 0 radical (unpaired) electrons. The molecule has 2 aromatic carbocycles. The molecule has 2 aromatic rings. The number of halogens is 1. The van der Waals surface area contributed by atoms with Crippen LogP contribution in [0.2, 0.25) is 5.02 Å². The Hall–Kier alpha value is -2.71. The molecular formula is C15H11ClN2O3. The maximum atomic E-state index is 12.2. The number of aromatic hydroxyl groups is 1. The second kappa shape index (κ2) is 6.16. The summed E-state index contributed by atoms with van der Waals surface area (Å²) in [7, 11) is 1.45. The van der Waals surface area contributed by atoms with Crippen molar-refractivity contribution in [2.24, 2.45) is 0 Å². The van der Waals surface area contributed by atoms with E-state index in [-0.39, 0.29) is 27.6 Å². The molecule has 0 bridgehead atoms. The fourth-order valence-corrected chi connectivity index (χ4v) is 1.94. The molecule has 0 fully saturated rings. The normalized spacial score (nSPS) is 9.76. The Labute approximate surface area is 126 Å². The van der Waals surface area contributed by atoms with Crippen LogP contribution in [0.25, 0.3) is 0 Å². The van der Waals surface area contributed by atoms with Gasteiger partial charge in [-0.05, 0) is 30.3 Å². The fourth-order valence-electron chi connectivity index (χ4n) is 1.76. The topological polar surface area (TPSA) is 82.3 Å². The molecule has 106 valence electrons. The second-order valence-electron chi connectivity index (χ2n) is 4.11. The molecule has 6 heteroatoms. The van der Waals surface area contributed by atoms with Gasteiger partial charge in [-0.15, -0.1) is 0 Å². The first-order valence-corrected chi connectivity index (χ1v) is 6.31. The van der Waals surface area contributed by atoms with Gasteiger partial charge in [-0.3, -0.25) is 4.79 Å². The van der Waals surface area contributed by atoms with Crippen LogP contribution in [-0.2, 0) is 0 Å². The molecule has 1 amide bonds. The molecule has 0 aliphatic carbocycles. The van der Waals surface area contributed by atoms with E-state index in [4.69, 9.17) is 21.6 Å². The van der Waals surface area contributed by atoms with E-state index in [1.54, 1.807) is 18.2 Å². The third kappa shape index (κ3) is 3.07. The first-order valence-electron chi connectivity index (χ1n) is 5.93. The Morgan fingerprint density at radius 2 is 2.14 bits per heavy atom. The van der Waals surface area contributed by atoms with Crippen molar-refractivity contribution < 1.29 is 14.6 Å². The zero-order chi connectivity index (χ0) is 15.4. The maximum absolute atomic E-state index is 12.2. The molecule has 0 aliphatic rings. The van der Waals surface area contributed by atoms with Gasteiger partial charge in [-0.2, -0.15) is 5.26 Å². The summed E-state index contributed by atoms with van der Waals surface area (Å²) >= 11 is 5.77. The number of hydrogen-bond acceptors (Lipinski definition) is 4. The van der Waals surface area contributed by atoms with Crippen LogP contribution in [0.3, 0.4) is 0 Å². The fraction of sp³-hybridized carbons (Fsp3) is 0.0667. The van der Waals surface area contributed by atoms with E-state index < -0.39 is 5.91 Å². The van der Waals surface area contributed by atoms with Crippen LogP contribution < -0.4 is 10.1 Å². The lowest BCUT2D eigenvalue weighted by Crippen LogP contribution is -2.13. The van der Waals surface area contributed by atoms with Crippen molar-refractivity contribution in [2.75, 3.05) is 12.4 Å². The minimum Gasteiger partial charge on any atom is -0.506 e. The number of amides is 1. The highest BCUT2D eigenvalue weighted by Gasteiger charge is 2.14. The molecule has 0 aliphatic heterocycles. The minimum atomic E-state index is -0.460. The number of benzene rings is 2. The molecule has 0 saturated heterocycles. The van der Waals surface area contributed by atoms with Crippen LogP contribution in [-0.4, -0.2) is 18.1 Å². The zero-order valence-electron chi connectivity index (χ0n) is 11.1. The summed E-state index contributed by atoms with van der Waals surface area (Å²) in [6.45, 7) is 0. The lowest BCUT2D eigenvalue weighted by atomic mass is 10.1. The molecule has 0 atom stereocenters. The molecule has 0 unspecified atom stereocenters. The second-order valence-corrected chi connectivity index (χ2v) is 4.52. The summed E-state index contributed by atoms with van der Waals surface area (Å²) in [5.74, 6) is -0.187. The highest BCUT2D eigenvalue weighted by molar-refractivity contribution is 6.32. The van der Waals surface area contributed by atoms with Crippen LogP contribution in [0.4, 0.5) is 5.69 Å². The lowest BCUT2D eigenvalue weighted by Gasteiger charge is -2.11. The van der Waals surface area contributed by atoms with E-state index in [0.29, 0.717) is 5.75 Å². The minimum absolute atomic E-state index is 0.0724. The van der Waals surface area contributed by atoms with Gasteiger partial charge in [-0.1, -0.05) is 17.7 Å². The number of phenols is 1. The summed E-state index contributed by atoms with van der Waals surface area (Å²) in [5, 5.41) is 21.1. The third-order valence-electron chi connectivity index (χ3n) is 2.81. The first kappa shape index (κ1) is 14.7. The molecule has 0 spiro atoms. The van der Waals surface area contributed by atoms with Crippen LogP contribution in [0.1, 0.15) is 15.9 Å². The summed E-state index contributed by atoms with van der Waals surface area (Å²) < 4.78 is 5.14. The summed E-state index contributed by atoms with van der Waals surface area (Å²) in [4.78, 5) is 12.2. The van der Waals surface area contributed by atoms with Crippen molar-refractivity contribution in [3.63, 3.8) is 0 Å². The highest BCUT2D eigenvalue weighted by atomic mass is 35.5. The quantitative estimate of drug-likeness (QED) is 0.912. The van der Waals surface area contributed by atoms with Crippen LogP contribution in [0, 0.1) is 11.3 Å². The van der Waals surface area contributed by atoms with Gasteiger partial charge in [0.2, 0.25) is 0 Å². The number of nitriles is 1. The van der Waals surface area contributed by atoms with Gasteiger partial charge in [0.1, 0.15) is 23.3 Å². The zero-order valence-corrected chi connectivity index (χ0v) is 11.8. The van der Waals surface area contributed by atoms with Gasteiger partial charge in [0.05, 0.1) is 17.7 Å². The van der Waals surface area contributed by atoms with Gasteiger partial charge in [0.15, 0.2) is 0 Å². The van der Waals surface area contributed by atoms with Gasteiger partial charge >= 0.3 is 0 Å². The van der Waals surface area contributed by atoms with Crippen LogP contribution in [0.5, 0.6) is 11.5 Å². The number of methoxy groups -OCH3 is 1. The van der Waals surface area contributed by atoms with Crippen molar-refractivity contribution in [2.45, 2.75) is 0 Å². The number of nitrogens with zero attached hydrogens (tertiary/aromatic N) is 1. The number of ether oxygens (including phenoxy) is 1. The first-order chi connectivity index (χ1) is 10.1. The maximum Gasteiger partial charge on any atom is 0.255 e. The molecule has 2 rings (SSSR count). The van der Waals surface area contributed by atoms with Crippen molar-refractivity contribution in [3.8, 4) is 17.6 Å². The number of phenolic OH excluding ortho intramolecular Hbond substituents is 1. The SMILES string of the molecule is COc1cccc(C#N)c1NC(=O)c1ccc(O)c(Cl)c1. The number of nitrogens with one attached hydrogen (secondary N) is 1. The number of hydrogen-bond donors (Lipinski definition) is 2. The molecular weight excluding hydrogens is 292 g/mol. The number of para-hydroxylation sites is 1. The van der Waals surface area contributed by atoms with E-state index >= 15 is 0 Å². The Morgan fingerprint density at radius 1 is 1.38 bits per heavy atom. The van der Waals surface area contributed by atoms with Crippen molar-refractivity contribution in [3.05, 3.63) is 52.5 Å². The average Bonchev–Trinajstić information content (AvgIpc) is 2.50. The Bertz CT molecular complexity index is 738. The average molecular weight is 303 g/mol. The smallest absolute Gasteiger partial charge is 0.255 e. The number of rotatable bonds is 3. The van der Waals surface area contributed by atoms with E-state index in [9.17, 15) is 9.90 Å². The lowest BCUT2D eigenvalue weighted by molar-refractivity contribution is 0.102. The van der Waals surface area contributed by atoms with E-state index in [0.717, 1.165) is 0 Å². The molecule has 0 saturated carbocycles. The molecule has 21 heavy (non-hydrogen) atoms. The molecule has 0 aromatic heterocycles. The predicted octanol–water partition coefficient (Wildman–Crippen LogP) is 3.18. The monoisotopic (exact) mass is 302 g/mol. The van der Waals surface area contributed by atoms with Crippen molar-refractivity contribution in [1.29, 1.82) is 5.26 Å². The van der Waals surface area contributed by atoms with Crippen LogP contribution in [0.15, 0.2) is 36.4 Å². The number of carbonyl (C=O) groups excluding carboxylic acids is 1. The summed E-state index contributed by atoms with van der Waals surface area (Å²) in [6.07, 6.45) is 0. The Kier molecular flexibility index (Phi) is 4.31. The summed E-state index contributed by atoms with van der Waals surface area (Å²) in [5.41, 5.74) is 0.830. The van der Waals surface area contributed by atoms with Gasteiger partial charge in [-0.25, -0.2) is 0 Å². The third-order valence-corrected chi connectivity index (χ3v) is 3.12. The molecule has 5 nitrogen and oxygen atoms in total. The van der Waals surface area contributed by atoms with E-state index in [1.807, 2.05) is 6.07 Å². The Balaban J connectivity index is 2.36. The van der Waals surface area contributed by atoms with Gasteiger partial charge < -0.3 is 15.2 Å². The van der Waals surface area contributed by atoms with Crippen LogP contribution >= 0.6 is 11.6 Å². The standard InChI is InChI=1S/C15H11ClN2O3/c1-21-13-4-2-3-10(8-17)14(13)18-15(20)9-5-6-12(19)11(16)7-9/h2-7,19H,1H3,(H,18,20). The largest absolute Gasteiger partial charge is 0.506 e. The Morgan fingerprint density at radius 3 is 2.76 bits per heavy atom. The van der Waals surface area contributed by atoms with Crippen molar-refractivity contribution >= 4 is 23.2 Å². The van der Waals surface area contributed by atoms with Gasteiger partial charge in [0, 0.05) is 5.56 Å². The molecule has 2 N–H and O–H groups in total.